The van der Waals surface area contributed by atoms with Crippen molar-refractivity contribution < 1.29 is 28.6 Å². The summed E-state index contributed by atoms with van der Waals surface area (Å²) < 4.78 is 16.8. The fourth-order valence-electron chi connectivity index (χ4n) is 7.23. The van der Waals surface area contributed by atoms with Crippen molar-refractivity contribution >= 4 is 17.9 Å². The maximum atomic E-state index is 12.7. The van der Waals surface area contributed by atoms with Crippen LogP contribution >= 0.6 is 0 Å². The Morgan fingerprint density at radius 3 is 0.983 bits per heavy atom. The van der Waals surface area contributed by atoms with Gasteiger partial charge in [-0.05, 0) is 77.0 Å². The fourth-order valence-corrected chi connectivity index (χ4v) is 7.23. The van der Waals surface area contributed by atoms with Gasteiger partial charge in [-0.3, -0.25) is 14.4 Å². The van der Waals surface area contributed by atoms with Gasteiger partial charge in [0.25, 0.3) is 0 Å². The average molecular weight is 829 g/mol. The van der Waals surface area contributed by atoms with Gasteiger partial charge in [0.2, 0.25) is 0 Å². The molecule has 6 nitrogen and oxygen atoms in total. The van der Waals surface area contributed by atoms with Crippen molar-refractivity contribution in [3.05, 3.63) is 36.5 Å². The van der Waals surface area contributed by atoms with Gasteiger partial charge in [-0.2, -0.15) is 0 Å². The van der Waals surface area contributed by atoms with Crippen LogP contribution in [0.4, 0.5) is 0 Å². The van der Waals surface area contributed by atoms with Crippen LogP contribution < -0.4 is 0 Å². The molecule has 0 amide bonds. The SMILES string of the molecule is CCCCC/C=C\C/C=C\CCCCCCCCCCCC(=O)OCC(COC(=O)CCCCCCCCCCCC)OC(=O)CCCCCCC/C=C\CCCCC. The van der Waals surface area contributed by atoms with Crippen molar-refractivity contribution in [3.63, 3.8) is 0 Å². The Hall–Kier alpha value is -2.37. The van der Waals surface area contributed by atoms with E-state index in [2.05, 4.69) is 57.2 Å². The number of unbranched alkanes of at least 4 members (excludes halogenated alkanes) is 29. The molecule has 0 aromatic carbocycles. The van der Waals surface area contributed by atoms with E-state index in [0.717, 1.165) is 77.0 Å². The maximum absolute atomic E-state index is 12.7. The van der Waals surface area contributed by atoms with Crippen LogP contribution in [0.1, 0.15) is 265 Å². The van der Waals surface area contributed by atoms with E-state index in [-0.39, 0.29) is 31.1 Å². The van der Waals surface area contributed by atoms with Crippen molar-refractivity contribution in [2.75, 3.05) is 13.2 Å². The first-order valence-electron chi connectivity index (χ1n) is 25.5. The van der Waals surface area contributed by atoms with E-state index in [4.69, 9.17) is 14.2 Å². The zero-order chi connectivity index (χ0) is 43.0. The third-order valence-electron chi connectivity index (χ3n) is 11.1. The van der Waals surface area contributed by atoms with E-state index in [1.165, 1.54) is 148 Å². The molecule has 0 fully saturated rings. The predicted molar refractivity (Wildman–Crippen MR) is 252 cm³/mol. The van der Waals surface area contributed by atoms with Gasteiger partial charge in [0.1, 0.15) is 13.2 Å². The molecule has 0 aromatic rings. The Morgan fingerprint density at radius 1 is 0.339 bits per heavy atom. The number of ether oxygens (including phenoxy) is 3. The molecule has 0 N–H and O–H groups in total. The smallest absolute Gasteiger partial charge is 0.306 e. The summed E-state index contributed by atoms with van der Waals surface area (Å²) in [6, 6.07) is 0. The summed E-state index contributed by atoms with van der Waals surface area (Å²) in [4.78, 5) is 37.8. The summed E-state index contributed by atoms with van der Waals surface area (Å²) in [5, 5.41) is 0. The van der Waals surface area contributed by atoms with E-state index in [9.17, 15) is 14.4 Å². The number of esters is 3. The Morgan fingerprint density at radius 2 is 0.610 bits per heavy atom. The van der Waals surface area contributed by atoms with Crippen molar-refractivity contribution in [2.24, 2.45) is 0 Å². The molecule has 1 unspecified atom stereocenters. The molecule has 344 valence electrons. The van der Waals surface area contributed by atoms with E-state index < -0.39 is 6.10 Å². The highest BCUT2D eigenvalue weighted by Gasteiger charge is 2.19. The predicted octanol–water partition coefficient (Wildman–Crippen LogP) is 16.5. The van der Waals surface area contributed by atoms with Gasteiger partial charge < -0.3 is 14.2 Å². The molecule has 0 aliphatic rings. The molecule has 0 saturated heterocycles. The third kappa shape index (κ3) is 46.5. The largest absolute Gasteiger partial charge is 0.462 e. The lowest BCUT2D eigenvalue weighted by atomic mass is 10.1. The van der Waals surface area contributed by atoms with Crippen LogP contribution in [0.2, 0.25) is 0 Å². The molecule has 0 bridgehead atoms. The van der Waals surface area contributed by atoms with Crippen LogP contribution in [-0.2, 0) is 28.6 Å². The number of hydrogen-bond donors (Lipinski definition) is 0. The Bertz CT molecular complexity index is 1000. The summed E-state index contributed by atoms with van der Waals surface area (Å²) in [6.07, 6.45) is 55.5. The van der Waals surface area contributed by atoms with Crippen molar-refractivity contribution in [2.45, 2.75) is 271 Å². The second-order valence-electron chi connectivity index (χ2n) is 17.1. The minimum absolute atomic E-state index is 0.0743. The van der Waals surface area contributed by atoms with Gasteiger partial charge >= 0.3 is 17.9 Å². The second-order valence-corrected chi connectivity index (χ2v) is 17.1. The number of rotatable bonds is 46. The minimum atomic E-state index is -0.773. The van der Waals surface area contributed by atoms with Gasteiger partial charge in [0.15, 0.2) is 6.10 Å². The molecule has 0 heterocycles. The van der Waals surface area contributed by atoms with Crippen LogP contribution in [0.3, 0.4) is 0 Å². The van der Waals surface area contributed by atoms with Crippen LogP contribution in [-0.4, -0.2) is 37.2 Å². The lowest BCUT2D eigenvalue weighted by molar-refractivity contribution is -0.167. The van der Waals surface area contributed by atoms with Crippen LogP contribution in [0, 0.1) is 0 Å². The summed E-state index contributed by atoms with van der Waals surface area (Å²) in [5.74, 6) is -0.882. The monoisotopic (exact) mass is 829 g/mol. The summed E-state index contributed by atoms with van der Waals surface area (Å²) in [6.45, 7) is 6.58. The maximum Gasteiger partial charge on any atom is 0.306 e. The quantitative estimate of drug-likeness (QED) is 0.0263. The highest BCUT2D eigenvalue weighted by molar-refractivity contribution is 5.71. The van der Waals surface area contributed by atoms with E-state index >= 15 is 0 Å². The molecule has 0 aromatic heterocycles. The summed E-state index contributed by atoms with van der Waals surface area (Å²) >= 11 is 0. The molecule has 0 saturated carbocycles. The van der Waals surface area contributed by atoms with Crippen molar-refractivity contribution in [3.8, 4) is 0 Å². The Balaban J connectivity index is 4.29. The molecule has 0 radical (unpaired) electrons. The Kier molecular flexibility index (Phi) is 46.4. The second kappa shape index (κ2) is 48.3. The van der Waals surface area contributed by atoms with Gasteiger partial charge in [-0.1, -0.05) is 205 Å². The average Bonchev–Trinajstić information content (AvgIpc) is 3.23. The number of carbonyl (C=O) groups excluding carboxylic acids is 3. The number of carbonyl (C=O) groups is 3. The van der Waals surface area contributed by atoms with Crippen LogP contribution in [0.25, 0.3) is 0 Å². The molecule has 1 atom stereocenters. The molecule has 0 rings (SSSR count). The summed E-state index contributed by atoms with van der Waals surface area (Å²) in [5.41, 5.74) is 0. The lowest BCUT2D eigenvalue weighted by Crippen LogP contribution is -2.30. The third-order valence-corrected chi connectivity index (χ3v) is 11.1. The molecular formula is C53H96O6. The standard InChI is InChI=1S/C53H96O6/c1-4-7-10-13-16-19-22-24-25-26-27-28-29-30-32-34-37-40-43-46-52(55)58-49-50(48-57-51(54)45-42-39-36-33-21-18-15-12-9-6-3)59-53(56)47-44-41-38-35-31-23-20-17-14-11-8-5-2/h16-17,19-20,24-25,50H,4-15,18,21-23,26-49H2,1-3H3/b19-16-,20-17-,25-24-. The molecule has 0 aliphatic carbocycles. The van der Waals surface area contributed by atoms with E-state index in [0.29, 0.717) is 19.3 Å². The number of allylic oxidation sites excluding steroid dienone is 6. The van der Waals surface area contributed by atoms with Crippen molar-refractivity contribution in [1.29, 1.82) is 0 Å². The first-order chi connectivity index (χ1) is 29.0. The highest BCUT2D eigenvalue weighted by Crippen LogP contribution is 2.15. The molecule has 0 aliphatic heterocycles. The van der Waals surface area contributed by atoms with E-state index in [1.54, 1.807) is 0 Å². The Labute approximate surface area is 365 Å². The number of hydrogen-bond acceptors (Lipinski definition) is 6. The van der Waals surface area contributed by atoms with Crippen molar-refractivity contribution in [1.82, 2.24) is 0 Å². The molecular weight excluding hydrogens is 733 g/mol. The normalized spacial score (nSPS) is 12.3. The molecule has 6 heteroatoms. The first kappa shape index (κ1) is 56.6. The van der Waals surface area contributed by atoms with Gasteiger partial charge in [0, 0.05) is 19.3 Å². The highest BCUT2D eigenvalue weighted by atomic mass is 16.6. The van der Waals surface area contributed by atoms with Gasteiger partial charge in [-0.25, -0.2) is 0 Å². The fraction of sp³-hybridized carbons (Fsp3) is 0.830. The van der Waals surface area contributed by atoms with Gasteiger partial charge in [-0.15, -0.1) is 0 Å². The topological polar surface area (TPSA) is 78.9 Å². The molecule has 0 spiro atoms. The first-order valence-corrected chi connectivity index (χ1v) is 25.5. The van der Waals surface area contributed by atoms with Gasteiger partial charge in [0.05, 0.1) is 0 Å². The van der Waals surface area contributed by atoms with E-state index in [1.807, 2.05) is 0 Å². The zero-order valence-corrected chi connectivity index (χ0v) is 39.3. The lowest BCUT2D eigenvalue weighted by Gasteiger charge is -2.18. The van der Waals surface area contributed by atoms with Crippen LogP contribution in [0.15, 0.2) is 36.5 Å². The summed E-state index contributed by atoms with van der Waals surface area (Å²) in [7, 11) is 0. The molecule has 59 heavy (non-hydrogen) atoms. The van der Waals surface area contributed by atoms with Crippen LogP contribution in [0.5, 0.6) is 0 Å². The minimum Gasteiger partial charge on any atom is -0.462 e. The zero-order valence-electron chi connectivity index (χ0n) is 39.3.